The van der Waals surface area contributed by atoms with Gasteiger partial charge in [-0.25, -0.2) is 0 Å². The Morgan fingerprint density at radius 2 is 2.00 bits per heavy atom. The van der Waals surface area contributed by atoms with E-state index in [0.29, 0.717) is 0 Å². The van der Waals surface area contributed by atoms with Crippen LogP contribution in [0.25, 0.3) is 11.0 Å². The van der Waals surface area contributed by atoms with Gasteiger partial charge in [-0.1, -0.05) is 29.8 Å². The van der Waals surface area contributed by atoms with Gasteiger partial charge in [-0.05, 0) is 61.5 Å². The van der Waals surface area contributed by atoms with Gasteiger partial charge in [0.1, 0.15) is 0 Å². The average molecular weight is 303 g/mol. The Balaban J connectivity index is 2.19. The molecule has 0 aliphatic rings. The van der Waals surface area contributed by atoms with Crippen molar-refractivity contribution in [1.29, 1.82) is 0 Å². The van der Waals surface area contributed by atoms with E-state index in [0.717, 1.165) is 26.4 Å². The van der Waals surface area contributed by atoms with Crippen molar-refractivity contribution in [3.05, 3.63) is 63.4 Å². The minimum Gasteiger partial charge on any atom is -0.331 e. The Morgan fingerprint density at radius 1 is 1.20 bits per heavy atom. The van der Waals surface area contributed by atoms with E-state index in [9.17, 15) is 0 Å². The van der Waals surface area contributed by atoms with Gasteiger partial charge in [0.05, 0.1) is 17.1 Å². The molecule has 0 radical (unpaired) electrons. The topological polar surface area (TPSA) is 20.7 Å². The van der Waals surface area contributed by atoms with Gasteiger partial charge in [-0.15, -0.1) is 0 Å². The van der Waals surface area contributed by atoms with Crippen LogP contribution in [0.15, 0.2) is 42.5 Å². The highest BCUT2D eigenvalue weighted by molar-refractivity contribution is 7.71. The van der Waals surface area contributed by atoms with Gasteiger partial charge >= 0.3 is 0 Å². The van der Waals surface area contributed by atoms with E-state index < -0.39 is 0 Å². The highest BCUT2D eigenvalue weighted by Crippen LogP contribution is 2.26. The zero-order valence-electron chi connectivity index (χ0n) is 11.4. The fourth-order valence-electron chi connectivity index (χ4n) is 2.54. The van der Waals surface area contributed by atoms with E-state index in [2.05, 4.69) is 47.7 Å². The number of fused-ring (bicyclic) bond motifs is 1. The van der Waals surface area contributed by atoms with E-state index >= 15 is 0 Å². The number of halogens is 1. The van der Waals surface area contributed by atoms with Gasteiger partial charge in [0.15, 0.2) is 4.77 Å². The molecule has 102 valence electrons. The molecular weight excluding hydrogens is 288 g/mol. The summed E-state index contributed by atoms with van der Waals surface area (Å²) in [6, 6.07) is 14.4. The molecule has 0 saturated heterocycles. The third-order valence-electron chi connectivity index (χ3n) is 3.59. The van der Waals surface area contributed by atoms with Crippen molar-refractivity contribution >= 4 is 34.9 Å². The minimum absolute atomic E-state index is 0.137. The van der Waals surface area contributed by atoms with Crippen molar-refractivity contribution < 1.29 is 0 Å². The van der Waals surface area contributed by atoms with E-state index in [1.165, 1.54) is 5.56 Å². The largest absolute Gasteiger partial charge is 0.331 e. The van der Waals surface area contributed by atoms with Crippen LogP contribution in [-0.4, -0.2) is 9.55 Å². The van der Waals surface area contributed by atoms with Crippen LogP contribution in [0.1, 0.15) is 24.1 Å². The molecule has 1 unspecified atom stereocenters. The van der Waals surface area contributed by atoms with Crippen LogP contribution >= 0.6 is 23.8 Å². The number of nitrogens with one attached hydrogen (secondary N) is 1. The lowest BCUT2D eigenvalue weighted by Gasteiger charge is -2.15. The Labute approximate surface area is 128 Å². The average Bonchev–Trinajstić information content (AvgIpc) is 2.73. The fraction of sp³-hybridized carbons (Fsp3) is 0.188. The van der Waals surface area contributed by atoms with E-state index in [-0.39, 0.29) is 6.04 Å². The van der Waals surface area contributed by atoms with Gasteiger partial charge in [-0.3, -0.25) is 0 Å². The molecule has 0 aliphatic heterocycles. The highest BCUT2D eigenvalue weighted by atomic mass is 35.5. The number of nitrogens with zero attached hydrogens (tertiary/aromatic N) is 1. The maximum atomic E-state index is 6.09. The smallest absolute Gasteiger partial charge is 0.178 e. The van der Waals surface area contributed by atoms with Crippen LogP contribution < -0.4 is 0 Å². The van der Waals surface area contributed by atoms with Crippen molar-refractivity contribution in [3.8, 4) is 0 Å². The van der Waals surface area contributed by atoms with E-state index in [1.54, 1.807) is 0 Å². The lowest BCUT2D eigenvalue weighted by atomic mass is 10.1. The van der Waals surface area contributed by atoms with E-state index in [1.807, 2.05) is 18.2 Å². The number of benzene rings is 2. The summed E-state index contributed by atoms with van der Waals surface area (Å²) in [6.45, 7) is 4.21. The molecule has 0 aliphatic carbocycles. The molecular formula is C16H15ClN2S. The van der Waals surface area contributed by atoms with Gasteiger partial charge in [-0.2, -0.15) is 0 Å². The predicted molar refractivity (Wildman–Crippen MR) is 87.1 cm³/mol. The quantitative estimate of drug-likeness (QED) is 0.640. The molecule has 0 spiro atoms. The van der Waals surface area contributed by atoms with Crippen LogP contribution in [0.5, 0.6) is 0 Å². The zero-order valence-corrected chi connectivity index (χ0v) is 12.9. The molecule has 1 heterocycles. The number of H-pyrrole nitrogens is 1. The highest BCUT2D eigenvalue weighted by Gasteiger charge is 2.13. The van der Waals surface area contributed by atoms with Crippen molar-refractivity contribution in [3.63, 3.8) is 0 Å². The molecule has 2 aromatic carbocycles. The minimum atomic E-state index is 0.137. The number of imidazole rings is 1. The summed E-state index contributed by atoms with van der Waals surface area (Å²) in [4.78, 5) is 3.28. The van der Waals surface area contributed by atoms with Crippen molar-refractivity contribution in [2.75, 3.05) is 0 Å². The maximum absolute atomic E-state index is 6.09. The predicted octanol–water partition coefficient (Wildman–Crippen LogP) is 5.27. The summed E-state index contributed by atoms with van der Waals surface area (Å²) in [6.07, 6.45) is 0. The van der Waals surface area contributed by atoms with Crippen molar-refractivity contribution in [2.45, 2.75) is 19.9 Å². The van der Waals surface area contributed by atoms with E-state index in [4.69, 9.17) is 23.8 Å². The van der Waals surface area contributed by atoms with Crippen molar-refractivity contribution in [1.82, 2.24) is 9.55 Å². The molecule has 1 aromatic heterocycles. The summed E-state index contributed by atoms with van der Waals surface area (Å²) >= 11 is 11.6. The first-order valence-electron chi connectivity index (χ1n) is 6.52. The summed E-state index contributed by atoms with van der Waals surface area (Å²) in [5, 5.41) is 0.747. The van der Waals surface area contributed by atoms with Crippen LogP contribution in [0.2, 0.25) is 5.02 Å². The normalized spacial score (nSPS) is 12.8. The molecule has 2 nitrogen and oxygen atoms in total. The van der Waals surface area contributed by atoms with Crippen LogP contribution in [-0.2, 0) is 0 Å². The standard InChI is InChI=1S/C16H15ClN2S/c1-10-6-7-15-14(8-10)18-16(20)19(15)11(2)12-4-3-5-13(17)9-12/h3-9,11H,1-2H3,(H,18,20). The summed E-state index contributed by atoms with van der Waals surface area (Å²) < 4.78 is 2.87. The molecule has 3 rings (SSSR count). The van der Waals surface area contributed by atoms with Gasteiger partial charge in [0.25, 0.3) is 0 Å². The second-order valence-corrected chi connectivity index (χ2v) is 5.87. The summed E-state index contributed by atoms with van der Waals surface area (Å²) in [5.74, 6) is 0. The number of aromatic amines is 1. The van der Waals surface area contributed by atoms with Crippen LogP contribution in [0.4, 0.5) is 0 Å². The summed E-state index contributed by atoms with van der Waals surface area (Å²) in [7, 11) is 0. The molecule has 4 heteroatoms. The van der Waals surface area contributed by atoms with Gasteiger partial charge in [0.2, 0.25) is 0 Å². The number of aromatic nitrogens is 2. The lowest BCUT2D eigenvalue weighted by Crippen LogP contribution is -2.06. The molecule has 20 heavy (non-hydrogen) atoms. The lowest BCUT2D eigenvalue weighted by molar-refractivity contribution is 0.649. The number of rotatable bonds is 2. The first kappa shape index (κ1) is 13.4. The molecule has 0 saturated carbocycles. The van der Waals surface area contributed by atoms with Gasteiger partial charge in [0, 0.05) is 5.02 Å². The molecule has 0 fully saturated rings. The Morgan fingerprint density at radius 3 is 2.75 bits per heavy atom. The molecule has 0 bridgehead atoms. The molecule has 1 atom stereocenters. The van der Waals surface area contributed by atoms with Crippen LogP contribution in [0.3, 0.4) is 0 Å². The Bertz CT molecular complexity index is 832. The Hall–Kier alpha value is -1.58. The third kappa shape index (κ3) is 2.28. The maximum Gasteiger partial charge on any atom is 0.178 e. The first-order valence-corrected chi connectivity index (χ1v) is 7.31. The van der Waals surface area contributed by atoms with Crippen LogP contribution in [0, 0.1) is 11.7 Å². The monoisotopic (exact) mass is 302 g/mol. The molecule has 3 aromatic rings. The summed E-state index contributed by atoms with van der Waals surface area (Å²) in [5.41, 5.74) is 4.56. The van der Waals surface area contributed by atoms with Crippen molar-refractivity contribution in [2.24, 2.45) is 0 Å². The second-order valence-electron chi connectivity index (χ2n) is 5.05. The number of aryl methyl sites for hydroxylation is 1. The molecule has 0 amide bonds. The SMILES string of the molecule is Cc1ccc2c(c1)[nH]c(=S)n2C(C)c1cccc(Cl)c1. The molecule has 1 N–H and O–H groups in total. The van der Waals surface area contributed by atoms with Gasteiger partial charge < -0.3 is 9.55 Å². The third-order valence-corrected chi connectivity index (χ3v) is 4.12. The second kappa shape index (κ2) is 5.08. The fourth-order valence-corrected chi connectivity index (χ4v) is 3.11. The number of hydrogen-bond acceptors (Lipinski definition) is 1. The number of hydrogen-bond donors (Lipinski definition) is 1. The first-order chi connectivity index (χ1) is 9.56. The Kier molecular flexibility index (Phi) is 3.40. The zero-order chi connectivity index (χ0) is 14.3.